The van der Waals surface area contributed by atoms with E-state index in [0.29, 0.717) is 0 Å². The molecule has 1 aromatic heterocycles. The van der Waals surface area contributed by atoms with Gasteiger partial charge in [-0.1, -0.05) is 13.3 Å². The van der Waals surface area contributed by atoms with Gasteiger partial charge in [-0.05, 0) is 50.9 Å². The summed E-state index contributed by atoms with van der Waals surface area (Å²) in [5.74, 6) is 3.09. The molecule has 0 atom stereocenters. The molecule has 2 rings (SSSR count). The Balaban J connectivity index is 1.82. The number of furan rings is 1. The van der Waals surface area contributed by atoms with Crippen molar-refractivity contribution < 1.29 is 4.42 Å². The van der Waals surface area contributed by atoms with Crippen LogP contribution >= 0.6 is 0 Å². The summed E-state index contributed by atoms with van der Waals surface area (Å²) in [4.78, 5) is 2.50. The first-order valence-corrected chi connectivity index (χ1v) is 6.05. The quantitative estimate of drug-likeness (QED) is 0.756. The van der Waals surface area contributed by atoms with Crippen molar-refractivity contribution >= 4 is 0 Å². The third-order valence-corrected chi connectivity index (χ3v) is 3.46. The van der Waals surface area contributed by atoms with Gasteiger partial charge in [0, 0.05) is 0 Å². The lowest BCUT2D eigenvalue weighted by Gasteiger charge is -2.30. The summed E-state index contributed by atoms with van der Waals surface area (Å²) in [5, 5.41) is 0. The number of nitrogens with zero attached hydrogens (tertiary/aromatic N) is 1. The van der Waals surface area contributed by atoms with Crippen LogP contribution in [0, 0.1) is 12.8 Å². The van der Waals surface area contributed by atoms with Gasteiger partial charge in [-0.2, -0.15) is 0 Å². The van der Waals surface area contributed by atoms with Crippen LogP contribution in [0.2, 0.25) is 0 Å². The molecule has 0 unspecified atom stereocenters. The third-order valence-electron chi connectivity index (χ3n) is 3.46. The molecule has 1 fully saturated rings. The lowest BCUT2D eigenvalue weighted by molar-refractivity contribution is 0.164. The molecule has 0 N–H and O–H groups in total. The number of hydrogen-bond donors (Lipinski definition) is 0. The van der Waals surface area contributed by atoms with E-state index in [2.05, 4.69) is 17.9 Å². The molecule has 0 radical (unpaired) electrons. The fourth-order valence-electron chi connectivity index (χ4n) is 2.34. The fraction of sp³-hybridized carbons (Fsp3) is 0.692. The van der Waals surface area contributed by atoms with E-state index in [1.54, 1.807) is 0 Å². The van der Waals surface area contributed by atoms with Crippen LogP contribution in [0.25, 0.3) is 0 Å². The Bertz CT molecular complexity index is 297. The standard InChI is InChI=1S/C13H21NO/c1-3-12-6-8-14(9-7-12)10-13-5-4-11(2)15-13/h4-5,12H,3,6-10H2,1-2H3. The molecule has 15 heavy (non-hydrogen) atoms. The maximum absolute atomic E-state index is 5.60. The zero-order chi connectivity index (χ0) is 10.7. The molecule has 0 saturated carbocycles. The molecule has 84 valence electrons. The lowest BCUT2D eigenvalue weighted by atomic mass is 9.94. The Morgan fingerprint density at radius 1 is 1.33 bits per heavy atom. The molecule has 1 aliphatic heterocycles. The molecular formula is C13H21NO. The van der Waals surface area contributed by atoms with Crippen LogP contribution in [-0.2, 0) is 6.54 Å². The van der Waals surface area contributed by atoms with Crippen LogP contribution in [0.1, 0.15) is 37.7 Å². The zero-order valence-corrected chi connectivity index (χ0v) is 9.83. The number of aryl methyl sites for hydroxylation is 1. The van der Waals surface area contributed by atoms with Gasteiger partial charge in [0.15, 0.2) is 0 Å². The minimum absolute atomic E-state index is 0.958. The van der Waals surface area contributed by atoms with Crippen LogP contribution in [0.3, 0.4) is 0 Å². The van der Waals surface area contributed by atoms with Crippen molar-refractivity contribution in [3.63, 3.8) is 0 Å². The predicted octanol–water partition coefficient (Wildman–Crippen LogP) is 3.21. The van der Waals surface area contributed by atoms with Crippen molar-refractivity contribution in [1.29, 1.82) is 0 Å². The first-order chi connectivity index (χ1) is 7.28. The van der Waals surface area contributed by atoms with Gasteiger partial charge >= 0.3 is 0 Å². The van der Waals surface area contributed by atoms with E-state index in [0.717, 1.165) is 24.0 Å². The van der Waals surface area contributed by atoms with Gasteiger partial charge in [-0.3, -0.25) is 4.90 Å². The Morgan fingerprint density at radius 3 is 2.60 bits per heavy atom. The minimum Gasteiger partial charge on any atom is -0.465 e. The first kappa shape index (κ1) is 10.7. The Labute approximate surface area is 92.3 Å². The lowest BCUT2D eigenvalue weighted by Crippen LogP contribution is -2.32. The summed E-state index contributed by atoms with van der Waals surface area (Å²) in [6, 6.07) is 4.15. The molecule has 2 nitrogen and oxygen atoms in total. The van der Waals surface area contributed by atoms with E-state index < -0.39 is 0 Å². The van der Waals surface area contributed by atoms with Gasteiger partial charge in [0.2, 0.25) is 0 Å². The van der Waals surface area contributed by atoms with Crippen molar-refractivity contribution in [2.75, 3.05) is 13.1 Å². The molecule has 1 aliphatic rings. The fourth-order valence-corrected chi connectivity index (χ4v) is 2.34. The molecule has 0 amide bonds. The topological polar surface area (TPSA) is 16.4 Å². The van der Waals surface area contributed by atoms with E-state index in [4.69, 9.17) is 4.42 Å². The summed E-state index contributed by atoms with van der Waals surface area (Å²) in [6.07, 6.45) is 4.06. The van der Waals surface area contributed by atoms with Gasteiger partial charge in [0.05, 0.1) is 6.54 Å². The molecule has 2 heteroatoms. The van der Waals surface area contributed by atoms with Crippen LogP contribution in [0.15, 0.2) is 16.5 Å². The number of piperidine rings is 1. The van der Waals surface area contributed by atoms with Crippen molar-refractivity contribution in [1.82, 2.24) is 4.90 Å². The van der Waals surface area contributed by atoms with Gasteiger partial charge in [0.25, 0.3) is 0 Å². The van der Waals surface area contributed by atoms with E-state index in [9.17, 15) is 0 Å². The molecule has 0 aromatic carbocycles. The summed E-state index contributed by atoms with van der Waals surface area (Å²) in [5.41, 5.74) is 0. The smallest absolute Gasteiger partial charge is 0.118 e. The molecule has 0 bridgehead atoms. The van der Waals surface area contributed by atoms with Crippen LogP contribution < -0.4 is 0 Å². The van der Waals surface area contributed by atoms with Crippen molar-refractivity contribution in [3.05, 3.63) is 23.7 Å². The summed E-state index contributed by atoms with van der Waals surface area (Å²) >= 11 is 0. The number of hydrogen-bond acceptors (Lipinski definition) is 2. The van der Waals surface area contributed by atoms with Gasteiger partial charge < -0.3 is 4.42 Å². The van der Waals surface area contributed by atoms with E-state index in [1.165, 1.54) is 32.4 Å². The number of rotatable bonds is 3. The Morgan fingerprint density at radius 2 is 2.07 bits per heavy atom. The second kappa shape index (κ2) is 4.84. The second-order valence-electron chi connectivity index (χ2n) is 4.64. The van der Waals surface area contributed by atoms with Crippen LogP contribution in [0.4, 0.5) is 0 Å². The molecule has 0 spiro atoms. The highest BCUT2D eigenvalue weighted by molar-refractivity contribution is 5.05. The van der Waals surface area contributed by atoms with E-state index >= 15 is 0 Å². The van der Waals surface area contributed by atoms with E-state index in [1.807, 2.05) is 13.0 Å². The highest BCUT2D eigenvalue weighted by Crippen LogP contribution is 2.21. The molecule has 1 aromatic rings. The molecule has 1 saturated heterocycles. The maximum Gasteiger partial charge on any atom is 0.118 e. The molecule has 0 aliphatic carbocycles. The number of likely N-dealkylation sites (tertiary alicyclic amines) is 1. The largest absolute Gasteiger partial charge is 0.465 e. The van der Waals surface area contributed by atoms with Gasteiger partial charge in [-0.25, -0.2) is 0 Å². The van der Waals surface area contributed by atoms with Gasteiger partial charge in [0.1, 0.15) is 11.5 Å². The molecular weight excluding hydrogens is 186 g/mol. The summed E-state index contributed by atoms with van der Waals surface area (Å²) < 4.78 is 5.60. The first-order valence-electron chi connectivity index (χ1n) is 6.05. The highest BCUT2D eigenvalue weighted by Gasteiger charge is 2.18. The summed E-state index contributed by atoms with van der Waals surface area (Å²) in [6.45, 7) is 7.77. The summed E-state index contributed by atoms with van der Waals surface area (Å²) in [7, 11) is 0. The van der Waals surface area contributed by atoms with Crippen molar-refractivity contribution in [2.24, 2.45) is 5.92 Å². The van der Waals surface area contributed by atoms with Crippen LogP contribution in [-0.4, -0.2) is 18.0 Å². The predicted molar refractivity (Wildman–Crippen MR) is 61.7 cm³/mol. The third kappa shape index (κ3) is 2.85. The highest BCUT2D eigenvalue weighted by atomic mass is 16.3. The normalized spacial score (nSPS) is 19.6. The maximum atomic E-state index is 5.60. The van der Waals surface area contributed by atoms with E-state index in [-0.39, 0.29) is 0 Å². The average molecular weight is 207 g/mol. The Kier molecular flexibility index (Phi) is 3.47. The molecule has 2 heterocycles. The van der Waals surface area contributed by atoms with Crippen molar-refractivity contribution in [3.8, 4) is 0 Å². The second-order valence-corrected chi connectivity index (χ2v) is 4.64. The van der Waals surface area contributed by atoms with Gasteiger partial charge in [-0.15, -0.1) is 0 Å². The minimum atomic E-state index is 0.958. The average Bonchev–Trinajstić information content (AvgIpc) is 2.65. The zero-order valence-electron chi connectivity index (χ0n) is 9.83. The Hall–Kier alpha value is -0.760. The van der Waals surface area contributed by atoms with Crippen molar-refractivity contribution in [2.45, 2.75) is 39.7 Å². The monoisotopic (exact) mass is 207 g/mol. The SMILES string of the molecule is CCC1CCN(Cc2ccc(C)o2)CC1. The van der Waals surface area contributed by atoms with Crippen LogP contribution in [0.5, 0.6) is 0 Å².